The molecule has 1 unspecified atom stereocenters. The number of ether oxygens (including phenoxy) is 2. The van der Waals surface area contributed by atoms with Crippen molar-refractivity contribution in [1.29, 1.82) is 0 Å². The molecule has 0 aromatic heterocycles. The Morgan fingerprint density at radius 3 is 2.41 bits per heavy atom. The van der Waals surface area contributed by atoms with Crippen LogP contribution in [0.2, 0.25) is 0 Å². The molecule has 6 heteroatoms. The first kappa shape index (κ1) is 20.2. The fraction of sp³-hybridized carbons (Fsp3) is 0.652. The van der Waals surface area contributed by atoms with E-state index in [1.165, 1.54) is 6.42 Å². The predicted molar refractivity (Wildman–Crippen MR) is 110 cm³/mol. The zero-order valence-electron chi connectivity index (χ0n) is 17.3. The minimum atomic E-state index is 0.0117. The quantitative estimate of drug-likeness (QED) is 0.736. The summed E-state index contributed by atoms with van der Waals surface area (Å²) in [4.78, 5) is 28.6. The number of amides is 2. The number of carbonyl (C=O) groups excluding carboxylic acids is 2. The van der Waals surface area contributed by atoms with Gasteiger partial charge in [0.05, 0.1) is 6.10 Å². The van der Waals surface area contributed by atoms with Crippen molar-refractivity contribution in [3.8, 4) is 5.75 Å². The third-order valence-electron chi connectivity index (χ3n) is 6.18. The number of piperidine rings is 1. The van der Waals surface area contributed by atoms with Crippen LogP contribution >= 0.6 is 0 Å². The molecule has 3 aliphatic rings. The highest BCUT2D eigenvalue weighted by atomic mass is 16.5. The van der Waals surface area contributed by atoms with E-state index in [4.69, 9.17) is 9.47 Å². The number of hydrogen-bond acceptors (Lipinski definition) is 4. The van der Waals surface area contributed by atoms with Gasteiger partial charge in [0.15, 0.2) is 0 Å². The van der Waals surface area contributed by atoms with E-state index in [-0.39, 0.29) is 18.1 Å². The fourth-order valence-corrected chi connectivity index (χ4v) is 4.21. The van der Waals surface area contributed by atoms with Gasteiger partial charge in [-0.05, 0) is 56.4 Å². The van der Waals surface area contributed by atoms with E-state index < -0.39 is 0 Å². The van der Waals surface area contributed by atoms with Crippen LogP contribution in [0.4, 0.5) is 0 Å². The maximum absolute atomic E-state index is 12.7. The molecule has 3 fully saturated rings. The van der Waals surface area contributed by atoms with E-state index in [0.29, 0.717) is 23.9 Å². The Kier molecular flexibility index (Phi) is 6.38. The second-order valence-corrected chi connectivity index (χ2v) is 8.62. The normalized spacial score (nSPS) is 22.9. The summed E-state index contributed by atoms with van der Waals surface area (Å²) in [5.74, 6) is 1.42. The van der Waals surface area contributed by atoms with Crippen molar-refractivity contribution < 1.29 is 19.1 Å². The molecule has 0 radical (unpaired) electrons. The topological polar surface area (TPSA) is 59.1 Å². The number of nitrogens with zero attached hydrogens (tertiary/aromatic N) is 2. The number of rotatable bonds is 6. The number of carbonyl (C=O) groups is 2. The van der Waals surface area contributed by atoms with Crippen molar-refractivity contribution in [2.24, 2.45) is 5.92 Å². The molecular weight excluding hydrogens is 368 g/mol. The van der Waals surface area contributed by atoms with Gasteiger partial charge in [0.1, 0.15) is 11.9 Å². The summed E-state index contributed by atoms with van der Waals surface area (Å²) in [6.45, 7) is 3.00. The molecule has 1 aliphatic carbocycles. The van der Waals surface area contributed by atoms with Gasteiger partial charge in [0.25, 0.3) is 5.91 Å². The van der Waals surface area contributed by atoms with Crippen LogP contribution in [0.25, 0.3) is 0 Å². The van der Waals surface area contributed by atoms with E-state index in [0.717, 1.165) is 64.0 Å². The zero-order valence-corrected chi connectivity index (χ0v) is 17.3. The number of likely N-dealkylation sites (tertiary alicyclic amines) is 1. The molecule has 0 spiro atoms. The number of likely N-dealkylation sites (N-methyl/N-ethyl adjacent to an activating group) is 1. The molecule has 1 atom stereocenters. The summed E-state index contributed by atoms with van der Waals surface area (Å²) in [7, 11) is 1.83. The second-order valence-electron chi connectivity index (χ2n) is 8.62. The molecule has 6 nitrogen and oxygen atoms in total. The molecule has 29 heavy (non-hydrogen) atoms. The third-order valence-corrected chi connectivity index (χ3v) is 6.18. The molecule has 0 bridgehead atoms. The Bertz CT molecular complexity index is 702. The second kappa shape index (κ2) is 9.16. The van der Waals surface area contributed by atoms with Crippen LogP contribution in [-0.2, 0) is 9.53 Å². The summed E-state index contributed by atoms with van der Waals surface area (Å²) in [5.41, 5.74) is 0.667. The SMILES string of the molecule is CN(CC1CCCCO1)C(=O)c1ccc(OC2CCN(C(=O)C3CC3)CC2)cc1. The summed E-state index contributed by atoms with van der Waals surface area (Å²) in [6.07, 6.45) is 7.44. The Balaban J connectivity index is 1.24. The van der Waals surface area contributed by atoms with E-state index >= 15 is 0 Å². The van der Waals surface area contributed by atoms with Crippen molar-refractivity contribution >= 4 is 11.8 Å². The Morgan fingerprint density at radius 2 is 1.79 bits per heavy atom. The number of benzene rings is 1. The van der Waals surface area contributed by atoms with Crippen LogP contribution in [0.1, 0.15) is 55.3 Å². The first-order chi connectivity index (χ1) is 14.1. The van der Waals surface area contributed by atoms with Gasteiger partial charge < -0.3 is 19.3 Å². The lowest BCUT2D eigenvalue weighted by Gasteiger charge is -2.32. The highest BCUT2D eigenvalue weighted by molar-refractivity contribution is 5.94. The van der Waals surface area contributed by atoms with Crippen molar-refractivity contribution in [3.05, 3.63) is 29.8 Å². The molecule has 1 aromatic rings. The van der Waals surface area contributed by atoms with Crippen LogP contribution in [0.15, 0.2) is 24.3 Å². The molecule has 0 N–H and O–H groups in total. The monoisotopic (exact) mass is 400 g/mol. The third kappa shape index (κ3) is 5.30. The molecular formula is C23H32N2O4. The molecule has 1 saturated carbocycles. The predicted octanol–water partition coefficient (Wildman–Crippen LogP) is 3.11. The summed E-state index contributed by atoms with van der Waals surface area (Å²) < 4.78 is 11.8. The first-order valence-electron chi connectivity index (χ1n) is 11.0. The summed E-state index contributed by atoms with van der Waals surface area (Å²) in [6, 6.07) is 7.42. The fourth-order valence-electron chi connectivity index (χ4n) is 4.21. The van der Waals surface area contributed by atoms with Crippen LogP contribution in [0.5, 0.6) is 5.75 Å². The summed E-state index contributed by atoms with van der Waals surface area (Å²) in [5, 5.41) is 0. The molecule has 2 aliphatic heterocycles. The average Bonchev–Trinajstić information content (AvgIpc) is 3.60. The van der Waals surface area contributed by atoms with Crippen LogP contribution in [0.3, 0.4) is 0 Å². The largest absolute Gasteiger partial charge is 0.490 e. The highest BCUT2D eigenvalue weighted by Crippen LogP contribution is 2.32. The number of hydrogen-bond donors (Lipinski definition) is 0. The Labute approximate surface area is 173 Å². The van der Waals surface area contributed by atoms with Crippen molar-refractivity contribution in [1.82, 2.24) is 9.80 Å². The first-order valence-corrected chi connectivity index (χ1v) is 11.0. The van der Waals surface area contributed by atoms with Gasteiger partial charge >= 0.3 is 0 Å². The zero-order chi connectivity index (χ0) is 20.2. The Hall–Kier alpha value is -2.08. The van der Waals surface area contributed by atoms with Gasteiger partial charge in [-0.25, -0.2) is 0 Å². The highest BCUT2D eigenvalue weighted by Gasteiger charge is 2.35. The van der Waals surface area contributed by atoms with Crippen molar-refractivity contribution in [3.63, 3.8) is 0 Å². The molecule has 2 heterocycles. The maximum Gasteiger partial charge on any atom is 0.253 e. The van der Waals surface area contributed by atoms with Gasteiger partial charge in [0.2, 0.25) is 5.91 Å². The summed E-state index contributed by atoms with van der Waals surface area (Å²) >= 11 is 0. The van der Waals surface area contributed by atoms with E-state index in [2.05, 4.69) is 0 Å². The van der Waals surface area contributed by atoms with E-state index in [1.807, 2.05) is 36.2 Å². The lowest BCUT2D eigenvalue weighted by molar-refractivity contribution is -0.134. The van der Waals surface area contributed by atoms with Gasteiger partial charge in [-0.1, -0.05) is 0 Å². The molecule has 4 rings (SSSR count). The molecule has 1 aromatic carbocycles. The van der Waals surface area contributed by atoms with Gasteiger partial charge in [-0.15, -0.1) is 0 Å². The van der Waals surface area contributed by atoms with E-state index in [9.17, 15) is 9.59 Å². The molecule has 158 valence electrons. The lowest BCUT2D eigenvalue weighted by atomic mass is 10.1. The molecule has 2 amide bonds. The van der Waals surface area contributed by atoms with E-state index in [1.54, 1.807) is 4.90 Å². The minimum absolute atomic E-state index is 0.0117. The molecule has 2 saturated heterocycles. The standard InChI is InChI=1S/C23H32N2O4/c1-24(16-21-4-2-3-15-28-21)22(26)17-7-9-19(10-8-17)29-20-11-13-25(14-12-20)23(27)18-5-6-18/h7-10,18,20-21H,2-6,11-16H2,1H3. The maximum atomic E-state index is 12.7. The van der Waals surface area contributed by atoms with Gasteiger partial charge in [0, 0.05) is 57.6 Å². The van der Waals surface area contributed by atoms with Crippen molar-refractivity contribution in [2.75, 3.05) is 33.3 Å². The van der Waals surface area contributed by atoms with Gasteiger partial charge in [-0.3, -0.25) is 9.59 Å². The Morgan fingerprint density at radius 1 is 1.07 bits per heavy atom. The minimum Gasteiger partial charge on any atom is -0.490 e. The van der Waals surface area contributed by atoms with Gasteiger partial charge in [-0.2, -0.15) is 0 Å². The average molecular weight is 401 g/mol. The van der Waals surface area contributed by atoms with Crippen LogP contribution < -0.4 is 4.74 Å². The van der Waals surface area contributed by atoms with Crippen molar-refractivity contribution in [2.45, 2.75) is 57.2 Å². The van der Waals surface area contributed by atoms with Crippen LogP contribution in [0, 0.1) is 5.92 Å². The van der Waals surface area contributed by atoms with Crippen LogP contribution in [-0.4, -0.2) is 67.1 Å². The smallest absolute Gasteiger partial charge is 0.253 e. The lowest BCUT2D eigenvalue weighted by Crippen LogP contribution is -2.42.